The van der Waals surface area contributed by atoms with E-state index in [1.54, 1.807) is 31.4 Å². The number of anilines is 2. The van der Waals surface area contributed by atoms with Gasteiger partial charge in [-0.25, -0.2) is 8.42 Å². The Balaban J connectivity index is 1.68. The number of nitrogens with one attached hydrogen (secondary N) is 2. The van der Waals surface area contributed by atoms with Crippen molar-refractivity contribution in [3.63, 3.8) is 0 Å². The standard InChI is InChI=1S/C16H15ClN4O3S/c1-11-9-13(4-5-14(11)17)25(22,23)21-16-7-6-15(19-20-16)18-10-12-3-2-8-24-12/h2-9H,10H2,1H3,(H,18,19)(H,20,21). The second-order valence-corrected chi connectivity index (χ2v) is 7.34. The van der Waals surface area contributed by atoms with Crippen molar-refractivity contribution in [2.24, 2.45) is 0 Å². The molecule has 0 unspecified atom stereocenters. The highest BCUT2D eigenvalue weighted by Gasteiger charge is 2.16. The van der Waals surface area contributed by atoms with Crippen molar-refractivity contribution >= 4 is 33.3 Å². The Morgan fingerprint density at radius 3 is 2.52 bits per heavy atom. The molecule has 0 saturated heterocycles. The smallest absolute Gasteiger partial charge is 0.263 e. The van der Waals surface area contributed by atoms with Gasteiger partial charge in [0, 0.05) is 5.02 Å². The van der Waals surface area contributed by atoms with Crippen molar-refractivity contribution < 1.29 is 12.8 Å². The first-order chi connectivity index (χ1) is 11.9. The number of hydrogen-bond acceptors (Lipinski definition) is 6. The molecule has 0 aliphatic rings. The van der Waals surface area contributed by atoms with Gasteiger partial charge in [0.15, 0.2) is 5.82 Å². The van der Waals surface area contributed by atoms with E-state index in [0.717, 1.165) is 5.76 Å². The lowest BCUT2D eigenvalue weighted by Gasteiger charge is -2.09. The van der Waals surface area contributed by atoms with Crippen molar-refractivity contribution in [1.29, 1.82) is 0 Å². The molecule has 2 N–H and O–H groups in total. The minimum absolute atomic E-state index is 0.108. The summed E-state index contributed by atoms with van der Waals surface area (Å²) in [5.74, 6) is 1.38. The molecule has 3 aromatic rings. The number of hydrogen-bond donors (Lipinski definition) is 2. The number of aromatic nitrogens is 2. The number of halogens is 1. The van der Waals surface area contributed by atoms with Gasteiger partial charge in [0.25, 0.3) is 10.0 Å². The van der Waals surface area contributed by atoms with Crippen LogP contribution in [0.15, 0.2) is 58.0 Å². The monoisotopic (exact) mass is 378 g/mol. The van der Waals surface area contributed by atoms with Crippen LogP contribution in [-0.2, 0) is 16.6 Å². The highest BCUT2D eigenvalue weighted by molar-refractivity contribution is 7.92. The fourth-order valence-corrected chi connectivity index (χ4v) is 3.25. The predicted molar refractivity (Wildman–Crippen MR) is 95.1 cm³/mol. The van der Waals surface area contributed by atoms with E-state index in [9.17, 15) is 8.42 Å². The summed E-state index contributed by atoms with van der Waals surface area (Å²) in [5, 5.41) is 11.3. The fraction of sp³-hybridized carbons (Fsp3) is 0.125. The van der Waals surface area contributed by atoms with Crippen LogP contribution in [0.2, 0.25) is 5.02 Å². The fourth-order valence-electron chi connectivity index (χ4n) is 2.05. The first kappa shape index (κ1) is 17.2. The van der Waals surface area contributed by atoms with E-state index >= 15 is 0 Å². The van der Waals surface area contributed by atoms with E-state index in [0.29, 0.717) is 22.9 Å². The van der Waals surface area contributed by atoms with Crippen molar-refractivity contribution in [2.45, 2.75) is 18.4 Å². The van der Waals surface area contributed by atoms with E-state index in [2.05, 4.69) is 20.2 Å². The van der Waals surface area contributed by atoms with Crippen LogP contribution in [0.4, 0.5) is 11.6 Å². The van der Waals surface area contributed by atoms with Gasteiger partial charge in [-0.05, 0) is 55.0 Å². The Morgan fingerprint density at radius 1 is 1.12 bits per heavy atom. The molecule has 3 rings (SSSR count). The van der Waals surface area contributed by atoms with Gasteiger partial charge in [0.05, 0.1) is 17.7 Å². The zero-order chi connectivity index (χ0) is 17.9. The summed E-state index contributed by atoms with van der Waals surface area (Å²) in [4.78, 5) is 0.108. The van der Waals surface area contributed by atoms with Crippen LogP contribution in [0.25, 0.3) is 0 Å². The Kier molecular flexibility index (Phi) is 4.91. The average Bonchev–Trinajstić information content (AvgIpc) is 3.10. The summed E-state index contributed by atoms with van der Waals surface area (Å²) in [6, 6.07) is 11.2. The lowest BCUT2D eigenvalue weighted by molar-refractivity contribution is 0.517. The summed E-state index contributed by atoms with van der Waals surface area (Å²) < 4.78 is 32.3. The van der Waals surface area contributed by atoms with E-state index < -0.39 is 10.0 Å². The van der Waals surface area contributed by atoms with Gasteiger partial charge >= 0.3 is 0 Å². The van der Waals surface area contributed by atoms with Crippen LogP contribution < -0.4 is 10.0 Å². The minimum Gasteiger partial charge on any atom is -0.467 e. The molecule has 0 aliphatic heterocycles. The molecule has 7 nitrogen and oxygen atoms in total. The molecule has 0 aliphatic carbocycles. The van der Waals surface area contributed by atoms with E-state index in [1.165, 1.54) is 18.2 Å². The minimum atomic E-state index is -3.76. The molecule has 9 heteroatoms. The first-order valence-corrected chi connectivity index (χ1v) is 9.19. The summed E-state index contributed by atoms with van der Waals surface area (Å²) in [6.07, 6.45) is 1.58. The van der Waals surface area contributed by atoms with E-state index in [1.807, 2.05) is 6.07 Å². The van der Waals surface area contributed by atoms with Gasteiger partial charge in [-0.3, -0.25) is 4.72 Å². The van der Waals surface area contributed by atoms with Gasteiger partial charge in [-0.2, -0.15) is 0 Å². The van der Waals surface area contributed by atoms with Crippen LogP contribution >= 0.6 is 11.6 Å². The van der Waals surface area contributed by atoms with Crippen molar-refractivity contribution in [3.05, 3.63) is 65.1 Å². The summed E-state index contributed by atoms with van der Waals surface area (Å²) in [5.41, 5.74) is 0.674. The van der Waals surface area contributed by atoms with Crippen LogP contribution in [-0.4, -0.2) is 18.6 Å². The maximum atomic E-state index is 12.4. The molecule has 130 valence electrons. The molecular formula is C16H15ClN4O3S. The average molecular weight is 379 g/mol. The molecule has 2 aromatic heterocycles. The number of benzene rings is 1. The Morgan fingerprint density at radius 2 is 1.88 bits per heavy atom. The molecule has 25 heavy (non-hydrogen) atoms. The van der Waals surface area contributed by atoms with Gasteiger partial charge in [-0.15, -0.1) is 10.2 Å². The third-order valence-corrected chi connectivity index (χ3v) is 5.14. The van der Waals surface area contributed by atoms with Crippen molar-refractivity contribution in [2.75, 3.05) is 10.0 Å². The van der Waals surface area contributed by atoms with Crippen LogP contribution in [0, 0.1) is 6.92 Å². The lowest BCUT2D eigenvalue weighted by atomic mass is 10.2. The summed E-state index contributed by atoms with van der Waals surface area (Å²) >= 11 is 5.92. The SMILES string of the molecule is Cc1cc(S(=O)(=O)Nc2ccc(NCc3ccco3)nn2)ccc1Cl. The van der Waals surface area contributed by atoms with E-state index in [-0.39, 0.29) is 10.7 Å². The molecular weight excluding hydrogens is 364 g/mol. The van der Waals surface area contributed by atoms with Crippen LogP contribution in [0.3, 0.4) is 0 Å². The van der Waals surface area contributed by atoms with Crippen molar-refractivity contribution in [3.8, 4) is 0 Å². The maximum Gasteiger partial charge on any atom is 0.263 e. The van der Waals surface area contributed by atoms with Crippen molar-refractivity contribution in [1.82, 2.24) is 10.2 Å². The normalized spacial score (nSPS) is 11.3. The molecule has 1 aromatic carbocycles. The number of aryl methyl sites for hydroxylation is 1. The molecule has 0 amide bonds. The van der Waals surface area contributed by atoms with Gasteiger partial charge in [-0.1, -0.05) is 11.6 Å². The highest BCUT2D eigenvalue weighted by Crippen LogP contribution is 2.21. The highest BCUT2D eigenvalue weighted by atomic mass is 35.5. The summed E-state index contributed by atoms with van der Waals surface area (Å²) in [6.45, 7) is 2.19. The molecule has 2 heterocycles. The van der Waals surface area contributed by atoms with E-state index in [4.69, 9.17) is 16.0 Å². The number of sulfonamides is 1. The van der Waals surface area contributed by atoms with Gasteiger partial charge < -0.3 is 9.73 Å². The van der Waals surface area contributed by atoms with Gasteiger partial charge in [0.2, 0.25) is 0 Å². The molecule has 0 fully saturated rings. The van der Waals surface area contributed by atoms with Crippen LogP contribution in [0.5, 0.6) is 0 Å². The molecule has 0 atom stereocenters. The third kappa shape index (κ3) is 4.28. The topological polar surface area (TPSA) is 97.1 Å². The number of nitrogens with zero attached hydrogens (tertiary/aromatic N) is 2. The molecule has 0 spiro atoms. The Hall–Kier alpha value is -2.58. The quantitative estimate of drug-likeness (QED) is 0.681. The lowest BCUT2D eigenvalue weighted by Crippen LogP contribution is -2.14. The Labute approximate surface area is 150 Å². The largest absolute Gasteiger partial charge is 0.467 e. The summed E-state index contributed by atoms with van der Waals surface area (Å²) in [7, 11) is -3.76. The molecule has 0 radical (unpaired) electrons. The molecule has 0 saturated carbocycles. The predicted octanol–water partition coefficient (Wildman–Crippen LogP) is 3.44. The second-order valence-electron chi connectivity index (χ2n) is 5.25. The van der Waals surface area contributed by atoms with Gasteiger partial charge in [0.1, 0.15) is 11.6 Å². The Bertz CT molecular complexity index is 958. The maximum absolute atomic E-state index is 12.4. The zero-order valence-electron chi connectivity index (χ0n) is 13.2. The number of rotatable bonds is 6. The second kappa shape index (κ2) is 7.12. The third-order valence-electron chi connectivity index (χ3n) is 3.37. The van der Waals surface area contributed by atoms with Crippen LogP contribution in [0.1, 0.15) is 11.3 Å². The first-order valence-electron chi connectivity index (χ1n) is 7.33. The molecule has 0 bridgehead atoms. The number of furan rings is 1. The zero-order valence-corrected chi connectivity index (χ0v) is 14.8.